The van der Waals surface area contributed by atoms with Gasteiger partial charge in [0.25, 0.3) is 0 Å². The average Bonchev–Trinajstić information content (AvgIpc) is 3.32. The molecule has 0 N–H and O–H groups in total. The van der Waals surface area contributed by atoms with Gasteiger partial charge in [0, 0.05) is 31.7 Å². The number of nitrogens with zero attached hydrogens (tertiary/aromatic N) is 6. The van der Waals surface area contributed by atoms with Crippen molar-refractivity contribution < 1.29 is 13.2 Å². The molecule has 0 bridgehead atoms. The molecule has 0 unspecified atom stereocenters. The van der Waals surface area contributed by atoms with Crippen LogP contribution in [-0.4, -0.2) is 69.9 Å². The van der Waals surface area contributed by atoms with Crippen LogP contribution in [0.15, 0.2) is 47.4 Å². The number of fused-ring (bicyclic) bond motifs is 1. The van der Waals surface area contributed by atoms with E-state index in [-0.39, 0.29) is 25.5 Å². The molecular weight excluding hydrogens is 452 g/mol. The summed E-state index contributed by atoms with van der Waals surface area (Å²) in [6.45, 7) is 3.15. The van der Waals surface area contributed by atoms with Crippen molar-refractivity contribution in [3.63, 3.8) is 0 Å². The highest BCUT2D eigenvalue weighted by atomic mass is 32.2. The summed E-state index contributed by atoms with van der Waals surface area (Å²) in [6.07, 6.45) is 4.21. The van der Waals surface area contributed by atoms with Gasteiger partial charge in [-0.1, -0.05) is 30.3 Å². The molecule has 1 aromatic heterocycles. The molecular formula is C24H28N6O3S. The first kappa shape index (κ1) is 22.7. The monoisotopic (exact) mass is 480 g/mol. The van der Waals surface area contributed by atoms with E-state index in [0.717, 1.165) is 42.4 Å². The number of piperazine rings is 1. The highest BCUT2D eigenvalue weighted by Crippen LogP contribution is 2.26. The minimum atomic E-state index is -3.58. The van der Waals surface area contributed by atoms with Crippen molar-refractivity contribution in [3.05, 3.63) is 59.2 Å². The lowest BCUT2D eigenvalue weighted by molar-refractivity contribution is -0.133. The Kier molecular flexibility index (Phi) is 6.18. The van der Waals surface area contributed by atoms with Gasteiger partial charge in [-0.2, -0.15) is 9.10 Å². The van der Waals surface area contributed by atoms with E-state index < -0.39 is 10.0 Å². The third kappa shape index (κ3) is 4.47. The van der Waals surface area contributed by atoms with Gasteiger partial charge < -0.3 is 4.90 Å². The van der Waals surface area contributed by atoms with Gasteiger partial charge in [-0.25, -0.2) is 8.42 Å². The Labute approximate surface area is 199 Å². The van der Waals surface area contributed by atoms with E-state index in [1.165, 1.54) is 14.7 Å². The highest BCUT2D eigenvalue weighted by molar-refractivity contribution is 7.89. The van der Waals surface area contributed by atoms with Gasteiger partial charge in [0.1, 0.15) is 6.54 Å². The molecule has 2 aromatic carbocycles. The molecule has 2 heterocycles. The normalized spacial score (nSPS) is 16.9. The number of sulfonamides is 1. The number of tetrazole rings is 1. The minimum Gasteiger partial charge on any atom is -0.338 e. The molecule has 1 saturated heterocycles. The van der Waals surface area contributed by atoms with Crippen LogP contribution in [0.1, 0.15) is 29.5 Å². The molecule has 10 heteroatoms. The summed E-state index contributed by atoms with van der Waals surface area (Å²) < 4.78 is 27.9. The average molecular weight is 481 g/mol. The van der Waals surface area contributed by atoms with Crippen LogP contribution in [0.3, 0.4) is 0 Å². The van der Waals surface area contributed by atoms with Crippen LogP contribution in [0, 0.1) is 6.92 Å². The first-order chi connectivity index (χ1) is 16.4. The number of aromatic nitrogens is 4. The van der Waals surface area contributed by atoms with Crippen molar-refractivity contribution in [1.82, 2.24) is 29.4 Å². The maximum absolute atomic E-state index is 13.2. The van der Waals surface area contributed by atoms with Gasteiger partial charge in [0.15, 0.2) is 0 Å². The summed E-state index contributed by atoms with van der Waals surface area (Å²) in [7, 11) is -3.58. The van der Waals surface area contributed by atoms with E-state index in [2.05, 4.69) is 15.4 Å². The number of hydrogen-bond donors (Lipinski definition) is 0. The molecule has 5 rings (SSSR count). The van der Waals surface area contributed by atoms with Crippen molar-refractivity contribution in [2.75, 3.05) is 26.2 Å². The molecule has 0 saturated carbocycles. The molecule has 2 aliphatic rings. The third-order valence-electron chi connectivity index (χ3n) is 6.66. The molecule has 1 amide bonds. The summed E-state index contributed by atoms with van der Waals surface area (Å²) in [5.74, 6) is 0.325. The van der Waals surface area contributed by atoms with Gasteiger partial charge in [-0.05, 0) is 66.6 Å². The van der Waals surface area contributed by atoms with Crippen LogP contribution in [0.25, 0.3) is 11.4 Å². The maximum Gasteiger partial charge on any atom is 0.246 e. The molecule has 34 heavy (non-hydrogen) atoms. The number of carbonyl (C=O) groups is 1. The lowest BCUT2D eigenvalue weighted by atomic mass is 9.92. The van der Waals surface area contributed by atoms with Crippen molar-refractivity contribution in [3.8, 4) is 11.4 Å². The summed E-state index contributed by atoms with van der Waals surface area (Å²) in [5.41, 5.74) is 4.31. The Hall–Kier alpha value is -3.11. The zero-order valence-corrected chi connectivity index (χ0v) is 20.0. The second kappa shape index (κ2) is 9.27. The molecule has 0 atom stereocenters. The van der Waals surface area contributed by atoms with E-state index >= 15 is 0 Å². The fourth-order valence-corrected chi connectivity index (χ4v) is 6.13. The number of amides is 1. The Morgan fingerprint density at radius 2 is 1.71 bits per heavy atom. The quantitative estimate of drug-likeness (QED) is 0.554. The first-order valence-corrected chi connectivity index (χ1v) is 13.1. The molecule has 0 spiro atoms. The summed E-state index contributed by atoms with van der Waals surface area (Å²) in [5, 5.41) is 12.4. The van der Waals surface area contributed by atoms with E-state index in [1.54, 1.807) is 11.0 Å². The molecule has 3 aromatic rings. The lowest BCUT2D eigenvalue weighted by Crippen LogP contribution is -2.51. The number of carbonyl (C=O) groups excluding carboxylic acids is 1. The van der Waals surface area contributed by atoms with Crippen LogP contribution >= 0.6 is 0 Å². The second-order valence-electron chi connectivity index (χ2n) is 8.88. The number of rotatable bonds is 5. The predicted octanol–water partition coefficient (Wildman–Crippen LogP) is 2.06. The van der Waals surface area contributed by atoms with Crippen LogP contribution < -0.4 is 0 Å². The Morgan fingerprint density at radius 1 is 0.971 bits per heavy atom. The van der Waals surface area contributed by atoms with Crippen molar-refractivity contribution in [2.45, 2.75) is 44.0 Å². The topological polar surface area (TPSA) is 101 Å². The largest absolute Gasteiger partial charge is 0.338 e. The third-order valence-corrected chi connectivity index (χ3v) is 8.56. The molecule has 1 fully saturated rings. The first-order valence-electron chi connectivity index (χ1n) is 11.7. The summed E-state index contributed by atoms with van der Waals surface area (Å²) in [6, 6.07) is 13.3. The zero-order valence-electron chi connectivity index (χ0n) is 19.2. The predicted molar refractivity (Wildman–Crippen MR) is 126 cm³/mol. The molecule has 178 valence electrons. The fraction of sp³-hybridized carbons (Fsp3) is 0.417. The van der Waals surface area contributed by atoms with Crippen molar-refractivity contribution >= 4 is 15.9 Å². The number of benzene rings is 2. The van der Waals surface area contributed by atoms with Gasteiger partial charge in [0.05, 0.1) is 4.90 Å². The molecule has 1 aliphatic heterocycles. The Bertz CT molecular complexity index is 1310. The van der Waals surface area contributed by atoms with E-state index in [9.17, 15) is 13.2 Å². The van der Waals surface area contributed by atoms with Gasteiger partial charge in [-0.3, -0.25) is 4.79 Å². The van der Waals surface area contributed by atoms with Gasteiger partial charge in [0.2, 0.25) is 21.8 Å². The fourth-order valence-electron chi connectivity index (χ4n) is 4.66. The Morgan fingerprint density at radius 3 is 2.47 bits per heavy atom. The van der Waals surface area contributed by atoms with Gasteiger partial charge in [-0.15, -0.1) is 10.2 Å². The van der Waals surface area contributed by atoms with Crippen LogP contribution in [0.4, 0.5) is 0 Å². The van der Waals surface area contributed by atoms with Gasteiger partial charge >= 0.3 is 0 Å². The minimum absolute atomic E-state index is 0.0313. The van der Waals surface area contributed by atoms with Crippen LogP contribution in [-0.2, 0) is 34.2 Å². The van der Waals surface area contributed by atoms with E-state index in [1.807, 2.05) is 43.3 Å². The highest BCUT2D eigenvalue weighted by Gasteiger charge is 2.31. The van der Waals surface area contributed by atoms with Crippen LogP contribution in [0.5, 0.6) is 0 Å². The van der Waals surface area contributed by atoms with Crippen molar-refractivity contribution in [2.24, 2.45) is 0 Å². The summed E-state index contributed by atoms with van der Waals surface area (Å²) >= 11 is 0. The molecule has 9 nitrogen and oxygen atoms in total. The standard InChI is InChI=1S/C24H28N6O3S/c1-18-6-2-5-9-22(18)24-25-27-30(26-24)17-23(31)28-12-14-29(15-13-28)34(32,33)21-11-10-19-7-3-4-8-20(19)16-21/h2,5-6,9-11,16H,3-4,7-8,12-15,17H2,1H3. The van der Waals surface area contributed by atoms with Crippen molar-refractivity contribution in [1.29, 1.82) is 0 Å². The smallest absolute Gasteiger partial charge is 0.246 e. The number of aryl methyl sites for hydroxylation is 3. The van der Waals surface area contributed by atoms with Crippen LogP contribution in [0.2, 0.25) is 0 Å². The zero-order chi connectivity index (χ0) is 23.7. The Balaban J connectivity index is 1.21. The molecule has 0 radical (unpaired) electrons. The number of hydrogen-bond acceptors (Lipinski definition) is 6. The van der Waals surface area contributed by atoms with E-state index in [0.29, 0.717) is 23.8 Å². The lowest BCUT2D eigenvalue weighted by Gasteiger charge is -2.34. The molecule has 1 aliphatic carbocycles. The van der Waals surface area contributed by atoms with E-state index in [4.69, 9.17) is 0 Å². The summed E-state index contributed by atoms with van der Waals surface area (Å²) in [4.78, 5) is 16.1. The SMILES string of the molecule is Cc1ccccc1-c1nnn(CC(=O)N2CCN(S(=O)(=O)c3ccc4c(c3)CCCC4)CC2)n1. The maximum atomic E-state index is 13.2. The second-order valence-corrected chi connectivity index (χ2v) is 10.8.